The van der Waals surface area contributed by atoms with Gasteiger partial charge in [-0.1, -0.05) is 35.0 Å². The van der Waals surface area contributed by atoms with Gasteiger partial charge in [-0.2, -0.15) is 13.2 Å². The monoisotopic (exact) mass is 574 g/mol. The standard InChI is InChI=1S/C26H35BrF4N4O/c1-6-19(16-32-20-11-13-21(14-12-20)35(4)5)33-24(36)22(15-25(2,3)28)34-23(26(29,30)31)17-7-9-18(27)10-8-17/h7-14,19,22-23,32,34H,6,15-16H2,1-5H3,(H,33,36)/t19-,22-,23-/m0/s1. The molecule has 0 aromatic heterocycles. The average molecular weight is 575 g/mol. The predicted octanol–water partition coefficient (Wildman–Crippen LogP) is 6.22. The smallest absolute Gasteiger partial charge is 0.383 e. The van der Waals surface area contributed by atoms with Crippen molar-refractivity contribution in [1.82, 2.24) is 10.6 Å². The molecule has 0 aliphatic carbocycles. The number of halogens is 5. The molecule has 5 nitrogen and oxygen atoms in total. The molecule has 3 atom stereocenters. The van der Waals surface area contributed by atoms with Gasteiger partial charge in [0.15, 0.2) is 0 Å². The Hall–Kier alpha value is -2.33. The van der Waals surface area contributed by atoms with Gasteiger partial charge >= 0.3 is 6.18 Å². The number of amides is 1. The summed E-state index contributed by atoms with van der Waals surface area (Å²) in [5.41, 5.74) is -0.0390. The molecule has 0 unspecified atom stereocenters. The highest BCUT2D eigenvalue weighted by molar-refractivity contribution is 9.10. The van der Waals surface area contributed by atoms with Crippen LogP contribution in [-0.4, -0.2) is 50.5 Å². The number of hydrogen-bond acceptors (Lipinski definition) is 4. The summed E-state index contributed by atoms with van der Waals surface area (Å²) in [6, 6.07) is 9.46. The molecule has 2 rings (SSSR count). The van der Waals surface area contributed by atoms with Gasteiger partial charge in [-0.3, -0.25) is 10.1 Å². The van der Waals surface area contributed by atoms with Crippen LogP contribution in [-0.2, 0) is 4.79 Å². The van der Waals surface area contributed by atoms with Gasteiger partial charge < -0.3 is 15.5 Å². The highest BCUT2D eigenvalue weighted by Crippen LogP contribution is 2.34. The number of carbonyl (C=O) groups excluding carboxylic acids is 1. The summed E-state index contributed by atoms with van der Waals surface area (Å²) in [4.78, 5) is 15.1. The zero-order valence-corrected chi connectivity index (χ0v) is 22.8. The third kappa shape index (κ3) is 9.61. The number of anilines is 2. The Morgan fingerprint density at radius 3 is 2.06 bits per heavy atom. The Morgan fingerprint density at radius 2 is 1.58 bits per heavy atom. The van der Waals surface area contributed by atoms with Gasteiger partial charge in [-0.05, 0) is 62.2 Å². The summed E-state index contributed by atoms with van der Waals surface area (Å²) < 4.78 is 57.1. The summed E-state index contributed by atoms with van der Waals surface area (Å²) in [5, 5.41) is 8.42. The molecule has 2 aromatic rings. The zero-order chi connectivity index (χ0) is 27.1. The van der Waals surface area contributed by atoms with Gasteiger partial charge in [-0.25, -0.2) is 4.39 Å². The van der Waals surface area contributed by atoms with E-state index in [1.807, 2.05) is 50.2 Å². The van der Waals surface area contributed by atoms with Crippen LogP contribution in [0.2, 0.25) is 0 Å². The number of nitrogens with zero attached hydrogens (tertiary/aromatic N) is 1. The summed E-state index contributed by atoms with van der Waals surface area (Å²) >= 11 is 3.21. The second-order valence-electron chi connectivity index (χ2n) is 9.60. The molecule has 3 N–H and O–H groups in total. The van der Waals surface area contributed by atoms with E-state index in [0.29, 0.717) is 17.4 Å². The topological polar surface area (TPSA) is 56.4 Å². The Kier molecular flexibility index (Phi) is 10.6. The van der Waals surface area contributed by atoms with Crippen LogP contribution >= 0.6 is 15.9 Å². The molecule has 0 bridgehead atoms. The molecule has 0 saturated heterocycles. The van der Waals surface area contributed by atoms with Crippen LogP contribution < -0.4 is 20.9 Å². The molecule has 36 heavy (non-hydrogen) atoms. The minimum atomic E-state index is -4.68. The normalized spacial score (nSPS) is 14.6. The fourth-order valence-electron chi connectivity index (χ4n) is 3.67. The summed E-state index contributed by atoms with van der Waals surface area (Å²) in [5.74, 6) is -0.677. The van der Waals surface area contributed by atoms with Crippen molar-refractivity contribution in [1.29, 1.82) is 0 Å². The lowest BCUT2D eigenvalue weighted by Crippen LogP contribution is -2.53. The van der Waals surface area contributed by atoms with Gasteiger partial charge in [0.1, 0.15) is 11.7 Å². The lowest BCUT2D eigenvalue weighted by Gasteiger charge is -2.31. The van der Waals surface area contributed by atoms with E-state index in [9.17, 15) is 22.4 Å². The Labute approximate surface area is 219 Å². The Morgan fingerprint density at radius 1 is 1.00 bits per heavy atom. The van der Waals surface area contributed by atoms with Crippen LogP contribution in [0.5, 0.6) is 0 Å². The molecule has 0 spiro atoms. The maximum absolute atomic E-state index is 14.6. The van der Waals surface area contributed by atoms with Crippen LogP contribution in [0.1, 0.15) is 45.2 Å². The van der Waals surface area contributed by atoms with Gasteiger partial charge in [0.2, 0.25) is 5.91 Å². The molecule has 10 heteroatoms. The second-order valence-corrected chi connectivity index (χ2v) is 10.5. The molecule has 0 heterocycles. The third-order valence-corrected chi connectivity index (χ3v) is 6.21. The van der Waals surface area contributed by atoms with E-state index in [4.69, 9.17) is 0 Å². The quantitative estimate of drug-likeness (QED) is 0.263. The molecule has 200 valence electrons. The van der Waals surface area contributed by atoms with E-state index in [1.54, 1.807) is 0 Å². The van der Waals surface area contributed by atoms with Gasteiger partial charge in [0.05, 0.1) is 6.04 Å². The van der Waals surface area contributed by atoms with Crippen molar-refractivity contribution >= 4 is 33.2 Å². The Bertz CT molecular complexity index is 960. The van der Waals surface area contributed by atoms with Crippen molar-refractivity contribution < 1.29 is 22.4 Å². The van der Waals surface area contributed by atoms with Crippen LogP contribution in [0.4, 0.5) is 28.9 Å². The van der Waals surface area contributed by atoms with Crippen molar-refractivity contribution in [3.8, 4) is 0 Å². The first kappa shape index (κ1) is 29.9. The number of rotatable bonds is 12. The SMILES string of the molecule is CC[C@@H](CNc1ccc(N(C)C)cc1)NC(=O)[C@H](CC(C)(C)F)N[C@@H](c1ccc(Br)cc1)C(F)(F)F. The van der Waals surface area contributed by atoms with E-state index in [-0.39, 0.29) is 11.6 Å². The molecule has 1 amide bonds. The molecule has 0 fully saturated rings. The molecule has 0 aliphatic rings. The summed E-state index contributed by atoms with van der Waals surface area (Å²) in [6.07, 6.45) is -4.56. The van der Waals surface area contributed by atoms with Gasteiger partial charge in [0, 0.05) is 49.0 Å². The van der Waals surface area contributed by atoms with E-state index < -0.39 is 36.3 Å². The summed E-state index contributed by atoms with van der Waals surface area (Å²) in [6.45, 7) is 4.72. The third-order valence-electron chi connectivity index (χ3n) is 5.68. The van der Waals surface area contributed by atoms with Crippen LogP contribution in [0.25, 0.3) is 0 Å². The van der Waals surface area contributed by atoms with Crippen molar-refractivity contribution in [2.75, 3.05) is 30.9 Å². The lowest BCUT2D eigenvalue weighted by molar-refractivity contribution is -0.161. The number of nitrogens with one attached hydrogen (secondary N) is 3. The number of alkyl halides is 4. The molecule has 2 aromatic carbocycles. The van der Waals surface area contributed by atoms with Crippen molar-refractivity contribution in [3.63, 3.8) is 0 Å². The van der Waals surface area contributed by atoms with Crippen molar-refractivity contribution in [2.45, 2.75) is 63.6 Å². The van der Waals surface area contributed by atoms with E-state index >= 15 is 0 Å². The minimum Gasteiger partial charge on any atom is -0.383 e. The maximum atomic E-state index is 14.6. The van der Waals surface area contributed by atoms with Crippen LogP contribution in [0, 0.1) is 0 Å². The predicted molar refractivity (Wildman–Crippen MR) is 141 cm³/mol. The average Bonchev–Trinajstić information content (AvgIpc) is 2.78. The van der Waals surface area contributed by atoms with Gasteiger partial charge in [-0.15, -0.1) is 0 Å². The van der Waals surface area contributed by atoms with Crippen LogP contribution in [0.15, 0.2) is 53.0 Å². The highest BCUT2D eigenvalue weighted by atomic mass is 79.9. The van der Waals surface area contributed by atoms with Crippen molar-refractivity contribution in [3.05, 3.63) is 58.6 Å². The van der Waals surface area contributed by atoms with Gasteiger partial charge in [0.25, 0.3) is 0 Å². The van der Waals surface area contributed by atoms with Crippen LogP contribution in [0.3, 0.4) is 0 Å². The number of carbonyl (C=O) groups is 1. The number of hydrogen-bond donors (Lipinski definition) is 3. The first-order valence-corrected chi connectivity index (χ1v) is 12.6. The van der Waals surface area contributed by atoms with E-state index in [1.165, 1.54) is 38.1 Å². The molecular formula is C26H35BrF4N4O. The summed E-state index contributed by atoms with van der Waals surface area (Å²) in [7, 11) is 3.88. The maximum Gasteiger partial charge on any atom is 0.407 e. The molecule has 0 aliphatic heterocycles. The fourth-order valence-corrected chi connectivity index (χ4v) is 3.93. The molecule has 0 saturated carbocycles. The largest absolute Gasteiger partial charge is 0.407 e. The van der Waals surface area contributed by atoms with E-state index in [0.717, 1.165) is 11.4 Å². The fraction of sp³-hybridized carbons (Fsp3) is 0.500. The minimum absolute atomic E-state index is 0.0601. The van der Waals surface area contributed by atoms with Crippen molar-refractivity contribution in [2.24, 2.45) is 0 Å². The lowest BCUT2D eigenvalue weighted by atomic mass is 9.97. The molecule has 0 radical (unpaired) electrons. The first-order valence-electron chi connectivity index (χ1n) is 11.8. The van der Waals surface area contributed by atoms with E-state index in [2.05, 4.69) is 31.9 Å². The number of benzene rings is 2. The molecular weight excluding hydrogens is 540 g/mol. The highest BCUT2D eigenvalue weighted by Gasteiger charge is 2.43. The Balaban J connectivity index is 2.15. The first-order chi connectivity index (χ1) is 16.7. The zero-order valence-electron chi connectivity index (χ0n) is 21.2. The second kappa shape index (κ2) is 12.8.